The Morgan fingerprint density at radius 3 is 2.36 bits per heavy atom. The Hall–Kier alpha value is 0.107. The summed E-state index contributed by atoms with van der Waals surface area (Å²) < 4.78 is 11.2. The molecule has 0 fully saturated rings. The zero-order valence-electron chi connectivity index (χ0n) is 7.72. The van der Waals surface area contributed by atoms with Gasteiger partial charge in [-0.15, -0.1) is 6.58 Å². The lowest BCUT2D eigenvalue weighted by molar-refractivity contribution is 0.685. The van der Waals surface area contributed by atoms with Crippen LogP contribution in [0.15, 0.2) is 12.7 Å². The molecule has 0 aromatic heterocycles. The summed E-state index contributed by atoms with van der Waals surface area (Å²) >= 11 is 0. The average molecular weight is 190 g/mol. The van der Waals surface area contributed by atoms with E-state index >= 15 is 0 Å². The van der Waals surface area contributed by atoms with Crippen LogP contribution in [0.5, 0.6) is 0 Å². The minimum Gasteiger partial charge on any atom is -0.259 e. The Bertz CT molecular complexity index is 149. The largest absolute Gasteiger partial charge is 0.259 e. The molecule has 0 aliphatic carbocycles. The second kappa shape index (κ2) is 4.88. The van der Waals surface area contributed by atoms with E-state index in [1.807, 2.05) is 0 Å². The van der Waals surface area contributed by atoms with Crippen molar-refractivity contribution in [3.05, 3.63) is 12.7 Å². The Labute approximate surface area is 73.4 Å². The lowest BCUT2D eigenvalue weighted by atomic mass is 10.8. The number of hydrogen-bond acceptors (Lipinski definition) is 1. The smallest absolute Gasteiger partial charge is 0.0451 e. The molecule has 1 unspecified atom stereocenters. The fourth-order valence-electron chi connectivity index (χ4n) is 0.635. The van der Waals surface area contributed by atoms with E-state index in [9.17, 15) is 4.21 Å². The first-order valence-corrected chi connectivity index (χ1v) is 9.11. The van der Waals surface area contributed by atoms with Crippen LogP contribution >= 0.6 is 0 Å². The van der Waals surface area contributed by atoms with Crippen molar-refractivity contribution in [3.8, 4) is 0 Å². The Morgan fingerprint density at radius 2 is 2.00 bits per heavy atom. The van der Waals surface area contributed by atoms with Crippen LogP contribution in [0.25, 0.3) is 0 Å². The average Bonchev–Trinajstić information content (AvgIpc) is 1.83. The van der Waals surface area contributed by atoms with Crippen LogP contribution in [-0.4, -0.2) is 23.8 Å². The lowest BCUT2D eigenvalue weighted by Gasteiger charge is -2.14. The van der Waals surface area contributed by atoms with Gasteiger partial charge in [0.15, 0.2) is 0 Å². The third-order valence-electron chi connectivity index (χ3n) is 1.38. The molecule has 0 heterocycles. The summed E-state index contributed by atoms with van der Waals surface area (Å²) in [7, 11) is -1.63. The predicted octanol–water partition coefficient (Wildman–Crippen LogP) is 2.26. The first kappa shape index (κ1) is 11.1. The molecule has 0 aliphatic rings. The van der Waals surface area contributed by atoms with Crippen LogP contribution in [-0.2, 0) is 10.8 Å². The standard InChI is InChI=1S/C8H18OSSi/c1-5-6-10(9)7-8-11(2,3)4/h5H,1,6-8H2,2-4H3. The zero-order valence-corrected chi connectivity index (χ0v) is 9.54. The maximum absolute atomic E-state index is 11.2. The van der Waals surface area contributed by atoms with Gasteiger partial charge in [-0.2, -0.15) is 0 Å². The molecular formula is C8H18OSSi. The molecule has 0 aromatic carbocycles. The summed E-state index contributed by atoms with van der Waals surface area (Å²) in [5.74, 6) is 1.52. The van der Waals surface area contributed by atoms with Crippen LogP contribution < -0.4 is 0 Å². The summed E-state index contributed by atoms with van der Waals surface area (Å²) in [5.41, 5.74) is 0. The van der Waals surface area contributed by atoms with Crippen molar-refractivity contribution in [2.24, 2.45) is 0 Å². The van der Waals surface area contributed by atoms with Crippen molar-refractivity contribution >= 4 is 18.9 Å². The molecule has 0 spiro atoms. The Morgan fingerprint density at radius 1 is 1.45 bits per heavy atom. The normalized spacial score (nSPS) is 14.5. The summed E-state index contributed by atoms with van der Waals surface area (Å²) in [4.78, 5) is 0. The van der Waals surface area contributed by atoms with Crippen LogP contribution in [0.4, 0.5) is 0 Å². The molecule has 0 N–H and O–H groups in total. The molecule has 0 radical (unpaired) electrons. The third-order valence-corrected chi connectivity index (χ3v) is 4.76. The molecule has 0 rings (SSSR count). The highest BCUT2D eigenvalue weighted by Gasteiger charge is 2.13. The van der Waals surface area contributed by atoms with Crippen molar-refractivity contribution in [3.63, 3.8) is 0 Å². The zero-order chi connectivity index (χ0) is 8.91. The summed E-state index contributed by atoms with van der Waals surface area (Å²) in [6, 6.07) is 1.16. The summed E-state index contributed by atoms with van der Waals surface area (Å²) in [6.45, 7) is 10.5. The first-order valence-electron chi connectivity index (χ1n) is 3.91. The second-order valence-electron chi connectivity index (χ2n) is 3.91. The van der Waals surface area contributed by atoms with E-state index < -0.39 is 18.9 Å². The van der Waals surface area contributed by atoms with Gasteiger partial charge >= 0.3 is 0 Å². The highest BCUT2D eigenvalue weighted by Crippen LogP contribution is 2.08. The Kier molecular flexibility index (Phi) is 4.93. The van der Waals surface area contributed by atoms with Crippen LogP contribution in [0.2, 0.25) is 25.7 Å². The van der Waals surface area contributed by atoms with E-state index in [0.717, 1.165) is 11.8 Å². The van der Waals surface area contributed by atoms with Gasteiger partial charge in [0, 0.05) is 30.4 Å². The SMILES string of the molecule is C=CCS(=O)CC[Si](C)(C)C. The first-order chi connectivity index (χ1) is 4.95. The van der Waals surface area contributed by atoms with E-state index in [0.29, 0.717) is 5.75 Å². The summed E-state index contributed by atoms with van der Waals surface area (Å²) in [5, 5.41) is 0. The monoisotopic (exact) mass is 190 g/mol. The van der Waals surface area contributed by atoms with Gasteiger partial charge in [0.05, 0.1) is 0 Å². The highest BCUT2D eigenvalue weighted by atomic mass is 32.2. The molecule has 0 saturated heterocycles. The van der Waals surface area contributed by atoms with Crippen molar-refractivity contribution in [1.82, 2.24) is 0 Å². The molecule has 1 nitrogen and oxygen atoms in total. The van der Waals surface area contributed by atoms with Crippen molar-refractivity contribution in [2.75, 3.05) is 11.5 Å². The van der Waals surface area contributed by atoms with Crippen molar-refractivity contribution in [1.29, 1.82) is 0 Å². The quantitative estimate of drug-likeness (QED) is 0.480. The molecule has 0 aliphatic heterocycles. The van der Waals surface area contributed by atoms with Crippen molar-refractivity contribution in [2.45, 2.75) is 25.7 Å². The minimum absolute atomic E-state index is 0.650. The predicted molar refractivity (Wildman–Crippen MR) is 56.2 cm³/mol. The van der Waals surface area contributed by atoms with Gasteiger partial charge in [0.1, 0.15) is 0 Å². The molecule has 0 bridgehead atoms. The molecule has 0 saturated carbocycles. The van der Waals surface area contributed by atoms with E-state index in [4.69, 9.17) is 0 Å². The van der Waals surface area contributed by atoms with Gasteiger partial charge in [-0.25, -0.2) is 0 Å². The second-order valence-corrected chi connectivity index (χ2v) is 11.2. The highest BCUT2D eigenvalue weighted by molar-refractivity contribution is 7.85. The topological polar surface area (TPSA) is 17.1 Å². The van der Waals surface area contributed by atoms with Gasteiger partial charge in [-0.1, -0.05) is 25.7 Å². The van der Waals surface area contributed by atoms with Crippen LogP contribution in [0, 0.1) is 0 Å². The summed E-state index contributed by atoms with van der Waals surface area (Å²) in [6.07, 6.45) is 1.74. The maximum Gasteiger partial charge on any atom is 0.0451 e. The van der Waals surface area contributed by atoms with Crippen LogP contribution in [0.3, 0.4) is 0 Å². The van der Waals surface area contributed by atoms with Gasteiger partial charge in [-0.3, -0.25) is 4.21 Å². The molecule has 0 amide bonds. The fraction of sp³-hybridized carbons (Fsp3) is 0.750. The van der Waals surface area contributed by atoms with E-state index in [1.54, 1.807) is 6.08 Å². The lowest BCUT2D eigenvalue weighted by Crippen LogP contribution is -2.22. The third kappa shape index (κ3) is 8.01. The minimum atomic E-state index is -0.976. The van der Waals surface area contributed by atoms with E-state index in [-0.39, 0.29) is 0 Å². The maximum atomic E-state index is 11.2. The van der Waals surface area contributed by atoms with E-state index in [2.05, 4.69) is 26.2 Å². The van der Waals surface area contributed by atoms with Gasteiger partial charge in [-0.05, 0) is 6.04 Å². The van der Waals surface area contributed by atoms with E-state index in [1.165, 1.54) is 0 Å². The Balaban J connectivity index is 3.54. The fourth-order valence-corrected chi connectivity index (χ4v) is 4.42. The van der Waals surface area contributed by atoms with Crippen LogP contribution in [0.1, 0.15) is 0 Å². The molecule has 3 heteroatoms. The molecule has 0 aromatic rings. The van der Waals surface area contributed by atoms with Gasteiger partial charge in [0.25, 0.3) is 0 Å². The molecule has 1 atom stereocenters. The van der Waals surface area contributed by atoms with Crippen molar-refractivity contribution < 1.29 is 4.21 Å². The molecular weight excluding hydrogens is 172 g/mol. The number of hydrogen-bond donors (Lipinski definition) is 0. The molecule has 11 heavy (non-hydrogen) atoms. The van der Waals surface area contributed by atoms with Gasteiger partial charge < -0.3 is 0 Å². The number of rotatable bonds is 5. The molecule has 66 valence electrons. The van der Waals surface area contributed by atoms with Gasteiger partial charge in [0.2, 0.25) is 0 Å².